The van der Waals surface area contributed by atoms with E-state index in [1.807, 2.05) is 19.9 Å². The van der Waals surface area contributed by atoms with Crippen molar-refractivity contribution in [2.24, 2.45) is 0 Å². The summed E-state index contributed by atoms with van der Waals surface area (Å²) in [6.45, 7) is 7.16. The van der Waals surface area contributed by atoms with Crippen LogP contribution in [0.4, 0.5) is 0 Å². The molecule has 0 aliphatic carbocycles. The van der Waals surface area contributed by atoms with E-state index in [9.17, 15) is 4.79 Å². The third-order valence-electron chi connectivity index (χ3n) is 2.34. The maximum absolute atomic E-state index is 11.0. The molecule has 0 fully saturated rings. The van der Waals surface area contributed by atoms with Crippen LogP contribution in [0, 0.1) is 13.8 Å². The van der Waals surface area contributed by atoms with E-state index in [0.29, 0.717) is 5.69 Å². The Hall–Kier alpha value is -1.38. The van der Waals surface area contributed by atoms with E-state index >= 15 is 0 Å². The fourth-order valence-electron chi connectivity index (χ4n) is 1.47. The molecule has 0 saturated heterocycles. The molecule has 0 saturated carbocycles. The Labute approximate surface area is 83.8 Å². The van der Waals surface area contributed by atoms with Crippen LogP contribution < -0.4 is 0 Å². The molecule has 1 aromatic rings. The van der Waals surface area contributed by atoms with Crippen molar-refractivity contribution in [3.63, 3.8) is 0 Å². The summed E-state index contributed by atoms with van der Waals surface area (Å²) in [7, 11) is 0. The van der Waals surface area contributed by atoms with Crippen LogP contribution >= 0.6 is 0 Å². The number of hydrogen-bond donors (Lipinski definition) is 1. The molecule has 0 bridgehead atoms. The summed E-state index contributed by atoms with van der Waals surface area (Å²) in [6, 6.07) is 1.95. The molecule has 1 N–H and O–H groups in total. The van der Waals surface area contributed by atoms with Gasteiger partial charge in [-0.1, -0.05) is 6.07 Å². The first-order valence-corrected chi connectivity index (χ1v) is 4.53. The molecule has 0 aliphatic rings. The van der Waals surface area contributed by atoms with Crippen molar-refractivity contribution in [3.05, 3.63) is 29.1 Å². The molecule has 3 heteroatoms. The van der Waals surface area contributed by atoms with Gasteiger partial charge in [-0.3, -0.25) is 9.78 Å². The first kappa shape index (κ1) is 10.7. The summed E-state index contributed by atoms with van der Waals surface area (Å²) in [6.07, 6.45) is 1.70. The number of nitrogens with zero attached hydrogens (tertiary/aromatic N) is 1. The molecule has 1 aromatic heterocycles. The Kier molecular flexibility index (Phi) is 2.60. The van der Waals surface area contributed by atoms with Crippen molar-refractivity contribution in [2.45, 2.75) is 33.1 Å². The van der Waals surface area contributed by atoms with Gasteiger partial charge in [0.1, 0.15) is 5.41 Å². The highest BCUT2D eigenvalue weighted by Gasteiger charge is 2.32. The summed E-state index contributed by atoms with van der Waals surface area (Å²) < 4.78 is 0. The first-order valence-electron chi connectivity index (χ1n) is 4.53. The lowest BCUT2D eigenvalue weighted by atomic mass is 9.86. The molecule has 0 aromatic carbocycles. The van der Waals surface area contributed by atoms with Gasteiger partial charge >= 0.3 is 5.97 Å². The molecule has 0 unspecified atom stereocenters. The van der Waals surface area contributed by atoms with E-state index in [0.717, 1.165) is 11.1 Å². The van der Waals surface area contributed by atoms with Gasteiger partial charge in [0.15, 0.2) is 0 Å². The van der Waals surface area contributed by atoms with Crippen molar-refractivity contribution in [2.75, 3.05) is 0 Å². The number of rotatable bonds is 2. The van der Waals surface area contributed by atoms with Crippen LogP contribution in [0.5, 0.6) is 0 Å². The monoisotopic (exact) mass is 193 g/mol. The zero-order valence-corrected chi connectivity index (χ0v) is 8.96. The molecule has 14 heavy (non-hydrogen) atoms. The highest BCUT2D eigenvalue weighted by molar-refractivity contribution is 5.80. The predicted octanol–water partition coefficient (Wildman–Crippen LogP) is 2.06. The number of aryl methyl sites for hydroxylation is 2. The van der Waals surface area contributed by atoms with Crippen molar-refractivity contribution in [1.29, 1.82) is 0 Å². The average molecular weight is 193 g/mol. The van der Waals surface area contributed by atoms with Gasteiger partial charge in [-0.15, -0.1) is 0 Å². The van der Waals surface area contributed by atoms with Crippen molar-refractivity contribution < 1.29 is 9.90 Å². The normalized spacial score (nSPS) is 11.4. The summed E-state index contributed by atoms with van der Waals surface area (Å²) in [4.78, 5) is 15.2. The van der Waals surface area contributed by atoms with E-state index in [2.05, 4.69) is 4.98 Å². The Bertz CT molecular complexity index is 370. The Balaban J connectivity index is 3.26. The Morgan fingerprint density at radius 1 is 1.43 bits per heavy atom. The van der Waals surface area contributed by atoms with Gasteiger partial charge in [0.05, 0.1) is 5.69 Å². The molecule has 3 nitrogen and oxygen atoms in total. The second-order valence-corrected chi connectivity index (χ2v) is 4.11. The van der Waals surface area contributed by atoms with Crippen LogP contribution in [0.1, 0.15) is 30.7 Å². The first-order chi connectivity index (χ1) is 6.35. The number of pyridine rings is 1. The van der Waals surface area contributed by atoms with Gasteiger partial charge in [-0.25, -0.2) is 0 Å². The third kappa shape index (κ3) is 1.76. The van der Waals surface area contributed by atoms with E-state index in [4.69, 9.17) is 5.11 Å². The molecule has 0 spiro atoms. The molecule has 0 aliphatic heterocycles. The molecular formula is C11H15NO2. The van der Waals surface area contributed by atoms with Crippen LogP contribution in [0.25, 0.3) is 0 Å². The van der Waals surface area contributed by atoms with Crippen molar-refractivity contribution >= 4 is 5.97 Å². The highest BCUT2D eigenvalue weighted by Crippen LogP contribution is 2.24. The van der Waals surface area contributed by atoms with Gasteiger partial charge in [0.2, 0.25) is 0 Å². The summed E-state index contributed by atoms with van der Waals surface area (Å²) >= 11 is 0. The predicted molar refractivity (Wildman–Crippen MR) is 54.4 cm³/mol. The molecular weight excluding hydrogens is 178 g/mol. The number of hydrogen-bond acceptors (Lipinski definition) is 2. The van der Waals surface area contributed by atoms with E-state index < -0.39 is 11.4 Å². The van der Waals surface area contributed by atoms with Crippen LogP contribution in [-0.2, 0) is 10.2 Å². The fraction of sp³-hybridized carbons (Fsp3) is 0.455. The number of carbonyl (C=O) groups is 1. The number of aromatic nitrogens is 1. The SMILES string of the molecule is Cc1cnc(C(C)(C)C(=O)O)c(C)c1. The summed E-state index contributed by atoms with van der Waals surface area (Å²) in [5, 5.41) is 9.05. The van der Waals surface area contributed by atoms with Crippen LogP contribution in [0.15, 0.2) is 12.3 Å². The molecule has 0 amide bonds. The second-order valence-electron chi connectivity index (χ2n) is 4.11. The van der Waals surface area contributed by atoms with Gasteiger partial charge < -0.3 is 5.11 Å². The highest BCUT2D eigenvalue weighted by atomic mass is 16.4. The lowest BCUT2D eigenvalue weighted by Gasteiger charge is -2.20. The lowest BCUT2D eigenvalue weighted by Crippen LogP contribution is -2.30. The molecule has 0 radical (unpaired) electrons. The number of aliphatic carboxylic acids is 1. The Morgan fingerprint density at radius 3 is 2.43 bits per heavy atom. The van der Waals surface area contributed by atoms with E-state index in [-0.39, 0.29) is 0 Å². The standard InChI is InChI=1S/C11H15NO2/c1-7-5-8(2)9(12-6-7)11(3,4)10(13)14/h5-6H,1-4H3,(H,13,14). The van der Waals surface area contributed by atoms with Gasteiger partial charge in [0.25, 0.3) is 0 Å². The van der Waals surface area contributed by atoms with Gasteiger partial charge in [0, 0.05) is 6.20 Å². The second kappa shape index (κ2) is 3.40. The lowest BCUT2D eigenvalue weighted by molar-refractivity contribution is -0.142. The zero-order valence-electron chi connectivity index (χ0n) is 8.96. The average Bonchev–Trinajstić information content (AvgIpc) is 2.02. The van der Waals surface area contributed by atoms with Crippen LogP contribution in [-0.4, -0.2) is 16.1 Å². The van der Waals surface area contributed by atoms with Gasteiger partial charge in [-0.2, -0.15) is 0 Å². The smallest absolute Gasteiger partial charge is 0.315 e. The fourth-order valence-corrected chi connectivity index (χ4v) is 1.47. The molecule has 1 heterocycles. The van der Waals surface area contributed by atoms with Crippen LogP contribution in [0.3, 0.4) is 0 Å². The summed E-state index contributed by atoms with van der Waals surface area (Å²) in [5.74, 6) is -0.850. The maximum Gasteiger partial charge on any atom is 0.315 e. The Morgan fingerprint density at radius 2 is 2.00 bits per heavy atom. The molecule has 0 atom stereocenters. The van der Waals surface area contributed by atoms with Crippen molar-refractivity contribution in [3.8, 4) is 0 Å². The minimum absolute atomic E-state index is 0.635. The van der Waals surface area contributed by atoms with Gasteiger partial charge in [-0.05, 0) is 38.8 Å². The summed E-state index contributed by atoms with van der Waals surface area (Å²) in [5.41, 5.74) is 1.69. The topological polar surface area (TPSA) is 50.2 Å². The zero-order chi connectivity index (χ0) is 10.9. The minimum atomic E-state index is -0.919. The third-order valence-corrected chi connectivity index (χ3v) is 2.34. The van der Waals surface area contributed by atoms with Crippen molar-refractivity contribution in [1.82, 2.24) is 4.98 Å². The number of carboxylic acid groups (broad SMARTS) is 1. The maximum atomic E-state index is 11.0. The van der Waals surface area contributed by atoms with E-state index in [1.165, 1.54) is 0 Å². The number of carboxylic acids is 1. The molecule has 1 rings (SSSR count). The quantitative estimate of drug-likeness (QED) is 0.782. The molecule has 76 valence electrons. The minimum Gasteiger partial charge on any atom is -0.481 e. The largest absolute Gasteiger partial charge is 0.481 e. The van der Waals surface area contributed by atoms with E-state index in [1.54, 1.807) is 20.0 Å². The van der Waals surface area contributed by atoms with Crippen LogP contribution in [0.2, 0.25) is 0 Å².